The van der Waals surface area contributed by atoms with E-state index in [-0.39, 0.29) is 30.0 Å². The molecule has 2 aliphatic rings. The van der Waals surface area contributed by atoms with Gasteiger partial charge in [0.05, 0.1) is 5.54 Å². The maximum Gasteiger partial charge on any atom is 0.249 e. The van der Waals surface area contributed by atoms with E-state index in [9.17, 15) is 4.79 Å². The van der Waals surface area contributed by atoms with Gasteiger partial charge in [0.25, 0.3) is 0 Å². The van der Waals surface area contributed by atoms with Gasteiger partial charge in [-0.25, -0.2) is 0 Å². The first-order valence-corrected chi connectivity index (χ1v) is 6.39. The Bertz CT molecular complexity index is 249. The third-order valence-electron chi connectivity index (χ3n) is 3.81. The van der Waals surface area contributed by atoms with Crippen LogP contribution >= 0.6 is 12.4 Å². The van der Waals surface area contributed by atoms with Gasteiger partial charge < -0.3 is 15.8 Å². The summed E-state index contributed by atoms with van der Waals surface area (Å²) in [5, 5.41) is 3.12. The number of amides is 1. The van der Waals surface area contributed by atoms with Gasteiger partial charge in [0, 0.05) is 13.2 Å². The molecule has 1 saturated heterocycles. The molecule has 5 heteroatoms. The highest BCUT2D eigenvalue weighted by Crippen LogP contribution is 2.29. The molecule has 1 unspecified atom stereocenters. The molecule has 100 valence electrons. The van der Waals surface area contributed by atoms with Crippen LogP contribution in [0.1, 0.15) is 44.9 Å². The molecule has 1 aliphatic heterocycles. The van der Waals surface area contributed by atoms with Gasteiger partial charge in [0.2, 0.25) is 5.91 Å². The number of nitrogens with one attached hydrogen (secondary N) is 1. The van der Waals surface area contributed by atoms with Gasteiger partial charge in [0.15, 0.2) is 0 Å². The number of rotatable bonds is 3. The zero-order valence-corrected chi connectivity index (χ0v) is 11.1. The van der Waals surface area contributed by atoms with Crippen LogP contribution in [0.2, 0.25) is 0 Å². The number of carbonyl (C=O) groups is 1. The van der Waals surface area contributed by atoms with Crippen LogP contribution in [-0.2, 0) is 9.53 Å². The largest absolute Gasteiger partial charge is 0.368 e. The summed E-state index contributed by atoms with van der Waals surface area (Å²) >= 11 is 0. The van der Waals surface area contributed by atoms with Crippen LogP contribution in [0.4, 0.5) is 0 Å². The van der Waals surface area contributed by atoms with Crippen molar-refractivity contribution >= 4 is 18.3 Å². The van der Waals surface area contributed by atoms with E-state index in [4.69, 9.17) is 10.5 Å². The molecule has 0 bridgehead atoms. The molecule has 2 fully saturated rings. The van der Waals surface area contributed by atoms with Crippen LogP contribution in [0.25, 0.3) is 0 Å². The Hall–Kier alpha value is -0.320. The normalized spacial score (nSPS) is 27.2. The Morgan fingerprint density at radius 1 is 1.29 bits per heavy atom. The van der Waals surface area contributed by atoms with Crippen molar-refractivity contribution in [3.05, 3.63) is 0 Å². The van der Waals surface area contributed by atoms with Crippen LogP contribution < -0.4 is 11.1 Å². The standard InChI is InChI=1S/C12H22N2O2.ClH/c13-9-12(6-2-3-7-12)14-11(15)10-5-1-4-8-16-10;/h10H,1-9,13H2,(H,14,15);1H. The van der Waals surface area contributed by atoms with Crippen LogP contribution in [0, 0.1) is 0 Å². The van der Waals surface area contributed by atoms with E-state index in [1.54, 1.807) is 0 Å². The van der Waals surface area contributed by atoms with Gasteiger partial charge >= 0.3 is 0 Å². The predicted molar refractivity (Wildman–Crippen MR) is 69.2 cm³/mol. The van der Waals surface area contributed by atoms with Gasteiger partial charge in [-0.3, -0.25) is 4.79 Å². The van der Waals surface area contributed by atoms with E-state index >= 15 is 0 Å². The first-order valence-electron chi connectivity index (χ1n) is 6.39. The van der Waals surface area contributed by atoms with Gasteiger partial charge in [-0.1, -0.05) is 12.8 Å². The molecular formula is C12H23ClN2O2. The minimum Gasteiger partial charge on any atom is -0.368 e. The fourth-order valence-electron chi connectivity index (χ4n) is 2.72. The van der Waals surface area contributed by atoms with Crippen molar-refractivity contribution in [1.29, 1.82) is 0 Å². The third-order valence-corrected chi connectivity index (χ3v) is 3.81. The maximum atomic E-state index is 12.0. The van der Waals surface area contributed by atoms with Crippen molar-refractivity contribution in [2.24, 2.45) is 5.73 Å². The lowest BCUT2D eigenvalue weighted by Gasteiger charge is -2.31. The molecule has 2 rings (SSSR count). The van der Waals surface area contributed by atoms with Crippen molar-refractivity contribution < 1.29 is 9.53 Å². The summed E-state index contributed by atoms with van der Waals surface area (Å²) in [7, 11) is 0. The average Bonchev–Trinajstić information content (AvgIpc) is 2.79. The first kappa shape index (κ1) is 14.7. The quantitative estimate of drug-likeness (QED) is 0.807. The molecule has 1 atom stereocenters. The van der Waals surface area contributed by atoms with E-state index in [1.165, 1.54) is 12.8 Å². The lowest BCUT2D eigenvalue weighted by Crippen LogP contribution is -2.55. The molecule has 0 aromatic carbocycles. The predicted octanol–water partition coefficient (Wildman–Crippen LogP) is 1.36. The summed E-state index contributed by atoms with van der Waals surface area (Å²) < 4.78 is 5.49. The number of hydrogen-bond acceptors (Lipinski definition) is 3. The summed E-state index contributed by atoms with van der Waals surface area (Å²) in [4.78, 5) is 12.0. The summed E-state index contributed by atoms with van der Waals surface area (Å²) in [6.07, 6.45) is 7.15. The number of hydrogen-bond donors (Lipinski definition) is 2. The van der Waals surface area contributed by atoms with Crippen molar-refractivity contribution in [3.63, 3.8) is 0 Å². The molecule has 4 nitrogen and oxygen atoms in total. The monoisotopic (exact) mass is 262 g/mol. The lowest BCUT2D eigenvalue weighted by molar-refractivity contribution is -0.137. The molecule has 1 heterocycles. The Kier molecular flexibility index (Phi) is 5.70. The third kappa shape index (κ3) is 3.57. The second kappa shape index (κ2) is 6.57. The highest BCUT2D eigenvalue weighted by atomic mass is 35.5. The molecule has 0 aromatic rings. The van der Waals surface area contributed by atoms with Gasteiger partial charge in [0.1, 0.15) is 6.10 Å². The van der Waals surface area contributed by atoms with Crippen LogP contribution in [0.3, 0.4) is 0 Å². The zero-order valence-electron chi connectivity index (χ0n) is 10.2. The average molecular weight is 263 g/mol. The molecule has 0 aromatic heterocycles. The lowest BCUT2D eigenvalue weighted by atomic mass is 9.97. The summed E-state index contributed by atoms with van der Waals surface area (Å²) in [5.74, 6) is 0.0482. The molecule has 0 spiro atoms. The zero-order chi connectivity index (χ0) is 11.4. The van der Waals surface area contributed by atoms with Crippen molar-refractivity contribution in [2.75, 3.05) is 13.2 Å². The minimum absolute atomic E-state index is 0. The highest BCUT2D eigenvalue weighted by molar-refractivity contribution is 5.85. The van der Waals surface area contributed by atoms with E-state index in [2.05, 4.69) is 5.32 Å². The molecule has 17 heavy (non-hydrogen) atoms. The molecule has 1 aliphatic carbocycles. The number of ether oxygens (including phenoxy) is 1. The molecule has 1 amide bonds. The smallest absolute Gasteiger partial charge is 0.249 e. The van der Waals surface area contributed by atoms with E-state index in [0.29, 0.717) is 13.2 Å². The van der Waals surface area contributed by atoms with Crippen LogP contribution in [-0.4, -0.2) is 30.7 Å². The van der Waals surface area contributed by atoms with Crippen molar-refractivity contribution in [1.82, 2.24) is 5.32 Å². The summed E-state index contributed by atoms with van der Waals surface area (Å²) in [5.41, 5.74) is 5.65. The van der Waals surface area contributed by atoms with Gasteiger partial charge in [-0.2, -0.15) is 0 Å². The Labute approximate surface area is 109 Å². The molecule has 3 N–H and O–H groups in total. The highest BCUT2D eigenvalue weighted by Gasteiger charge is 2.36. The maximum absolute atomic E-state index is 12.0. The second-order valence-electron chi connectivity index (χ2n) is 5.04. The Morgan fingerprint density at radius 3 is 2.53 bits per heavy atom. The number of nitrogens with two attached hydrogens (primary N) is 1. The van der Waals surface area contributed by atoms with Gasteiger partial charge in [-0.15, -0.1) is 12.4 Å². The van der Waals surface area contributed by atoms with Crippen LogP contribution in [0.15, 0.2) is 0 Å². The molecular weight excluding hydrogens is 240 g/mol. The SMILES string of the molecule is Cl.NCC1(NC(=O)C2CCCCO2)CCCC1. The number of halogens is 1. The van der Waals surface area contributed by atoms with E-state index in [1.807, 2.05) is 0 Å². The van der Waals surface area contributed by atoms with Crippen molar-refractivity contribution in [3.8, 4) is 0 Å². The van der Waals surface area contributed by atoms with Gasteiger partial charge in [-0.05, 0) is 32.1 Å². The van der Waals surface area contributed by atoms with Crippen molar-refractivity contribution in [2.45, 2.75) is 56.6 Å². The summed E-state index contributed by atoms with van der Waals surface area (Å²) in [6, 6.07) is 0. The Morgan fingerprint density at radius 2 is 2.00 bits per heavy atom. The first-order chi connectivity index (χ1) is 7.76. The minimum atomic E-state index is -0.238. The summed E-state index contributed by atoms with van der Waals surface area (Å²) in [6.45, 7) is 1.26. The number of carbonyl (C=O) groups excluding carboxylic acids is 1. The topological polar surface area (TPSA) is 64.3 Å². The molecule has 1 saturated carbocycles. The second-order valence-corrected chi connectivity index (χ2v) is 5.04. The van der Waals surface area contributed by atoms with Crippen LogP contribution in [0.5, 0.6) is 0 Å². The Balaban J connectivity index is 0.00000144. The fourth-order valence-corrected chi connectivity index (χ4v) is 2.72. The fraction of sp³-hybridized carbons (Fsp3) is 0.917. The molecule has 0 radical (unpaired) electrons. The van der Waals surface area contributed by atoms with E-state index in [0.717, 1.165) is 32.1 Å². The van der Waals surface area contributed by atoms with E-state index < -0.39 is 0 Å².